The van der Waals surface area contributed by atoms with Gasteiger partial charge in [0.25, 0.3) is 0 Å². The molecule has 0 unspecified atom stereocenters. The zero-order valence-electron chi connectivity index (χ0n) is 9.01. The van der Waals surface area contributed by atoms with Crippen LogP contribution in [0.3, 0.4) is 0 Å². The number of hydrogen-bond acceptors (Lipinski definition) is 2. The molecule has 1 atom stereocenters. The largest absolute Gasteiger partial charge is 0.369 e. The van der Waals surface area contributed by atoms with E-state index in [-0.39, 0.29) is 4.75 Å². The van der Waals surface area contributed by atoms with E-state index in [1.807, 2.05) is 20.8 Å². The van der Waals surface area contributed by atoms with Crippen molar-refractivity contribution in [1.82, 2.24) is 0 Å². The molecule has 0 aromatic heterocycles. The Labute approximate surface area is 82.5 Å². The van der Waals surface area contributed by atoms with Crippen molar-refractivity contribution >= 4 is 16.7 Å². The van der Waals surface area contributed by atoms with Gasteiger partial charge < -0.3 is 5.73 Å². The van der Waals surface area contributed by atoms with Gasteiger partial charge in [-0.2, -0.15) is 0 Å². The lowest BCUT2D eigenvalue weighted by atomic mass is 9.96. The van der Waals surface area contributed by atoms with Crippen molar-refractivity contribution in [2.24, 2.45) is 11.1 Å². The van der Waals surface area contributed by atoms with E-state index in [4.69, 9.17) is 5.73 Å². The number of nitrogens with two attached hydrogens (primary N) is 1. The first kappa shape index (κ1) is 12.6. The zero-order chi connectivity index (χ0) is 10.9. The van der Waals surface area contributed by atoms with Crippen LogP contribution in [0.5, 0.6) is 0 Å². The Kier molecular flexibility index (Phi) is 3.67. The van der Waals surface area contributed by atoms with Crippen molar-refractivity contribution in [2.75, 3.05) is 5.75 Å². The molecule has 0 saturated heterocycles. The molecule has 0 aromatic rings. The van der Waals surface area contributed by atoms with Gasteiger partial charge in [0.05, 0.1) is 5.41 Å². The second kappa shape index (κ2) is 3.78. The average molecular weight is 205 g/mol. The Bertz CT molecular complexity index is 228. The maximum Gasteiger partial charge on any atom is 0.224 e. The molecule has 0 aliphatic rings. The Balaban J connectivity index is 4.47. The highest BCUT2D eigenvalue weighted by molar-refractivity contribution is 7.86. The molecule has 13 heavy (non-hydrogen) atoms. The van der Waals surface area contributed by atoms with Gasteiger partial charge in [0.2, 0.25) is 5.91 Å². The summed E-state index contributed by atoms with van der Waals surface area (Å²) in [6.45, 7) is 9.11. The van der Waals surface area contributed by atoms with Gasteiger partial charge in [-0.25, -0.2) is 0 Å². The Hall–Kier alpha value is -0.380. The lowest BCUT2D eigenvalue weighted by Crippen LogP contribution is -2.39. The summed E-state index contributed by atoms with van der Waals surface area (Å²) < 4.78 is 11.4. The van der Waals surface area contributed by atoms with Crippen LogP contribution in [0.15, 0.2) is 0 Å². The van der Waals surface area contributed by atoms with E-state index in [1.165, 1.54) is 0 Å². The van der Waals surface area contributed by atoms with Gasteiger partial charge in [-0.1, -0.05) is 13.8 Å². The third-order valence-corrected chi connectivity index (χ3v) is 4.19. The summed E-state index contributed by atoms with van der Waals surface area (Å²) in [4.78, 5) is 11.0. The molecular weight excluding hydrogens is 186 g/mol. The summed E-state index contributed by atoms with van der Waals surface area (Å²) in [5.74, 6) is -0.0728. The summed E-state index contributed by atoms with van der Waals surface area (Å²) in [5.41, 5.74) is 4.51. The van der Waals surface area contributed by atoms with Crippen LogP contribution in [-0.2, 0) is 15.6 Å². The van der Waals surface area contributed by atoms with Gasteiger partial charge in [0.15, 0.2) is 0 Å². The molecule has 0 heterocycles. The molecule has 1 amide bonds. The minimum Gasteiger partial charge on any atom is -0.369 e. The first-order chi connectivity index (χ1) is 5.57. The number of hydrogen-bond donors (Lipinski definition) is 1. The monoisotopic (exact) mass is 205 g/mol. The van der Waals surface area contributed by atoms with E-state index < -0.39 is 22.1 Å². The summed E-state index contributed by atoms with van der Waals surface area (Å²) >= 11 is 0. The van der Waals surface area contributed by atoms with Crippen LogP contribution in [0.4, 0.5) is 0 Å². The van der Waals surface area contributed by atoms with Gasteiger partial charge in [-0.3, -0.25) is 9.00 Å². The zero-order valence-corrected chi connectivity index (χ0v) is 9.83. The fraction of sp³-hybridized carbons (Fsp3) is 0.889. The first-order valence-electron chi connectivity index (χ1n) is 4.26. The van der Waals surface area contributed by atoms with Crippen LogP contribution < -0.4 is 5.73 Å². The van der Waals surface area contributed by atoms with E-state index in [2.05, 4.69) is 0 Å². The topological polar surface area (TPSA) is 60.2 Å². The van der Waals surface area contributed by atoms with Gasteiger partial charge in [-0.15, -0.1) is 0 Å². The number of carbonyl (C=O) groups is 1. The van der Waals surface area contributed by atoms with Crippen LogP contribution >= 0.6 is 0 Å². The number of amides is 1. The van der Waals surface area contributed by atoms with Crippen molar-refractivity contribution in [3.05, 3.63) is 0 Å². The molecule has 2 N–H and O–H groups in total. The van der Waals surface area contributed by atoms with Crippen LogP contribution in [-0.4, -0.2) is 20.6 Å². The minimum absolute atomic E-state index is 0.285. The van der Waals surface area contributed by atoms with Crippen molar-refractivity contribution in [3.63, 3.8) is 0 Å². The highest BCUT2D eigenvalue weighted by Crippen LogP contribution is 2.21. The van der Waals surface area contributed by atoms with Crippen LogP contribution in [0, 0.1) is 5.41 Å². The number of primary amides is 1. The van der Waals surface area contributed by atoms with Crippen molar-refractivity contribution < 1.29 is 9.00 Å². The van der Waals surface area contributed by atoms with E-state index >= 15 is 0 Å². The summed E-state index contributed by atoms with van der Waals surface area (Å²) in [6, 6.07) is 0. The van der Waals surface area contributed by atoms with Crippen LogP contribution in [0.25, 0.3) is 0 Å². The normalized spacial score (nSPS) is 15.5. The average Bonchev–Trinajstić information content (AvgIpc) is 1.83. The smallest absolute Gasteiger partial charge is 0.224 e. The molecule has 0 aliphatic carbocycles. The summed E-state index contributed by atoms with van der Waals surface area (Å²) in [5, 5.41) is 0. The SMILES string of the molecule is CC(C)(C[S@](=O)C(C)(C)C)C(N)=O. The van der Waals surface area contributed by atoms with Crippen molar-refractivity contribution in [2.45, 2.75) is 39.4 Å². The van der Waals surface area contributed by atoms with Gasteiger partial charge in [0, 0.05) is 21.3 Å². The molecule has 4 heteroatoms. The summed E-state index contributed by atoms with van der Waals surface area (Å²) in [6.07, 6.45) is 0. The van der Waals surface area contributed by atoms with Crippen LogP contribution in [0.2, 0.25) is 0 Å². The molecule has 0 spiro atoms. The molecular formula is C9H19NO2S. The maximum absolute atomic E-state index is 11.7. The van der Waals surface area contributed by atoms with E-state index in [9.17, 15) is 9.00 Å². The fourth-order valence-corrected chi connectivity index (χ4v) is 1.85. The van der Waals surface area contributed by atoms with Gasteiger partial charge in [0.1, 0.15) is 0 Å². The second-order valence-corrected chi connectivity index (χ2v) is 7.05. The minimum atomic E-state index is -1.03. The highest BCUT2D eigenvalue weighted by atomic mass is 32.2. The molecule has 0 radical (unpaired) electrons. The predicted molar refractivity (Wildman–Crippen MR) is 55.7 cm³/mol. The molecule has 78 valence electrons. The fourth-order valence-electron chi connectivity index (χ4n) is 0.615. The van der Waals surface area contributed by atoms with Crippen molar-refractivity contribution in [1.29, 1.82) is 0 Å². The standard InChI is InChI=1S/C9H19NO2S/c1-8(2,3)13(12)6-9(4,5)7(10)11/h6H2,1-5H3,(H2,10,11)/t13-/m0/s1. The molecule has 3 nitrogen and oxygen atoms in total. The predicted octanol–water partition coefficient (Wildman–Crippen LogP) is 1.05. The quantitative estimate of drug-likeness (QED) is 0.748. The lowest BCUT2D eigenvalue weighted by molar-refractivity contribution is -0.124. The van der Waals surface area contributed by atoms with E-state index in [0.717, 1.165) is 0 Å². The summed E-state index contributed by atoms with van der Waals surface area (Å²) in [7, 11) is -1.03. The molecule has 0 aliphatic heterocycles. The Morgan fingerprint density at radius 3 is 1.85 bits per heavy atom. The first-order valence-corrected chi connectivity index (χ1v) is 5.57. The third kappa shape index (κ3) is 3.89. The molecule has 0 rings (SSSR count). The Morgan fingerprint density at radius 2 is 1.62 bits per heavy atom. The lowest BCUT2D eigenvalue weighted by Gasteiger charge is -2.25. The van der Waals surface area contributed by atoms with Crippen molar-refractivity contribution in [3.8, 4) is 0 Å². The highest BCUT2D eigenvalue weighted by Gasteiger charge is 2.31. The van der Waals surface area contributed by atoms with Crippen LogP contribution in [0.1, 0.15) is 34.6 Å². The van der Waals surface area contributed by atoms with Gasteiger partial charge in [-0.05, 0) is 20.8 Å². The third-order valence-electron chi connectivity index (χ3n) is 1.84. The molecule has 0 aromatic carbocycles. The second-order valence-electron chi connectivity index (χ2n) is 4.85. The Morgan fingerprint density at radius 1 is 1.23 bits per heavy atom. The van der Waals surface area contributed by atoms with Gasteiger partial charge >= 0.3 is 0 Å². The number of carbonyl (C=O) groups excluding carboxylic acids is 1. The molecule has 0 bridgehead atoms. The molecule has 0 saturated carbocycles. The van der Waals surface area contributed by atoms with E-state index in [1.54, 1.807) is 13.8 Å². The number of rotatable bonds is 3. The maximum atomic E-state index is 11.7. The van der Waals surface area contributed by atoms with E-state index in [0.29, 0.717) is 5.75 Å². The molecule has 0 fully saturated rings.